The predicted octanol–water partition coefficient (Wildman–Crippen LogP) is 3.13. The van der Waals surface area contributed by atoms with Crippen molar-refractivity contribution in [1.29, 1.82) is 0 Å². The summed E-state index contributed by atoms with van der Waals surface area (Å²) in [5, 5.41) is 16.2. The van der Waals surface area contributed by atoms with E-state index in [1.54, 1.807) is 12.1 Å². The Morgan fingerprint density at radius 2 is 2.04 bits per heavy atom. The summed E-state index contributed by atoms with van der Waals surface area (Å²) in [6.07, 6.45) is 7.13. The fraction of sp³-hybridized carbons (Fsp3) is 0.650. The second-order valence-corrected chi connectivity index (χ2v) is 7.84. The van der Waals surface area contributed by atoms with Gasteiger partial charge in [0.15, 0.2) is 0 Å². The number of carbonyl (C=O) groups is 1. The smallest absolute Gasteiger partial charge is 0.237 e. The van der Waals surface area contributed by atoms with Gasteiger partial charge < -0.3 is 15.7 Å². The molecule has 0 bridgehead atoms. The van der Waals surface area contributed by atoms with Crippen molar-refractivity contribution in [1.82, 2.24) is 10.6 Å². The molecule has 1 saturated carbocycles. The van der Waals surface area contributed by atoms with Crippen LogP contribution < -0.4 is 10.6 Å². The number of aromatic hydroxyl groups is 1. The first-order valence-corrected chi connectivity index (χ1v) is 9.37. The first-order valence-electron chi connectivity index (χ1n) is 9.37. The van der Waals surface area contributed by atoms with Crippen LogP contribution in [0.2, 0.25) is 0 Å². The van der Waals surface area contributed by atoms with E-state index in [4.69, 9.17) is 0 Å². The van der Waals surface area contributed by atoms with Crippen molar-refractivity contribution in [3.8, 4) is 5.75 Å². The first-order chi connectivity index (χ1) is 11.5. The second kappa shape index (κ2) is 7.56. The third kappa shape index (κ3) is 4.10. The number of amides is 1. The SMILES string of the molecule is CC(C)[C@@H](CC1CCCC1)NC(=O)[C@H]1Cc2ccc(O)cc2CN1. The lowest BCUT2D eigenvalue weighted by molar-refractivity contribution is -0.124. The van der Waals surface area contributed by atoms with E-state index < -0.39 is 0 Å². The molecule has 1 amide bonds. The number of hydrogen-bond acceptors (Lipinski definition) is 3. The molecule has 0 saturated heterocycles. The van der Waals surface area contributed by atoms with Crippen LogP contribution in [0, 0.1) is 11.8 Å². The lowest BCUT2D eigenvalue weighted by Crippen LogP contribution is -2.51. The quantitative estimate of drug-likeness (QED) is 0.777. The van der Waals surface area contributed by atoms with E-state index in [1.807, 2.05) is 6.07 Å². The number of phenols is 1. The van der Waals surface area contributed by atoms with Gasteiger partial charge >= 0.3 is 0 Å². The fourth-order valence-corrected chi connectivity index (χ4v) is 4.07. The van der Waals surface area contributed by atoms with Gasteiger partial charge in [0.25, 0.3) is 0 Å². The normalized spacial score (nSPS) is 22.4. The van der Waals surface area contributed by atoms with Crippen LogP contribution in [0.15, 0.2) is 18.2 Å². The Kier molecular flexibility index (Phi) is 5.44. The Morgan fingerprint density at radius 3 is 2.75 bits per heavy atom. The van der Waals surface area contributed by atoms with Crippen LogP contribution in [-0.2, 0) is 17.8 Å². The summed E-state index contributed by atoms with van der Waals surface area (Å²) in [6, 6.07) is 5.52. The van der Waals surface area contributed by atoms with Gasteiger partial charge in [-0.05, 0) is 47.9 Å². The molecule has 4 heteroatoms. The van der Waals surface area contributed by atoms with Crippen molar-refractivity contribution in [2.75, 3.05) is 0 Å². The molecule has 1 aliphatic carbocycles. The molecule has 1 heterocycles. The highest BCUT2D eigenvalue weighted by molar-refractivity contribution is 5.82. The maximum atomic E-state index is 12.7. The van der Waals surface area contributed by atoms with Gasteiger partial charge in [0.05, 0.1) is 6.04 Å². The standard InChI is InChI=1S/C20H30N2O2/c1-13(2)18(9-14-5-3-4-6-14)22-20(24)19-11-15-7-8-17(23)10-16(15)12-21-19/h7-8,10,13-14,18-19,21,23H,3-6,9,11-12H2,1-2H3,(H,22,24)/t18-,19-/m1/s1. The van der Waals surface area contributed by atoms with Crippen LogP contribution in [0.25, 0.3) is 0 Å². The van der Waals surface area contributed by atoms with E-state index in [0.717, 1.165) is 23.5 Å². The molecule has 1 aromatic rings. The summed E-state index contributed by atoms with van der Waals surface area (Å²) in [5.74, 6) is 1.64. The maximum absolute atomic E-state index is 12.7. The highest BCUT2D eigenvalue weighted by Gasteiger charge is 2.28. The lowest BCUT2D eigenvalue weighted by Gasteiger charge is -2.30. The van der Waals surface area contributed by atoms with E-state index in [1.165, 1.54) is 25.7 Å². The van der Waals surface area contributed by atoms with Gasteiger partial charge in [-0.2, -0.15) is 0 Å². The molecular formula is C20H30N2O2. The number of hydrogen-bond donors (Lipinski definition) is 3. The van der Waals surface area contributed by atoms with Crippen molar-refractivity contribution in [3.63, 3.8) is 0 Å². The van der Waals surface area contributed by atoms with Crippen LogP contribution in [0.3, 0.4) is 0 Å². The molecular weight excluding hydrogens is 300 g/mol. The Labute approximate surface area is 145 Å². The van der Waals surface area contributed by atoms with Gasteiger partial charge in [0.2, 0.25) is 5.91 Å². The minimum atomic E-state index is -0.174. The van der Waals surface area contributed by atoms with Crippen molar-refractivity contribution >= 4 is 5.91 Å². The molecule has 1 aliphatic heterocycles. The molecule has 1 aromatic carbocycles. The van der Waals surface area contributed by atoms with Crippen LogP contribution in [0.1, 0.15) is 57.1 Å². The first kappa shape index (κ1) is 17.3. The maximum Gasteiger partial charge on any atom is 0.237 e. The number of benzene rings is 1. The summed E-state index contributed by atoms with van der Waals surface area (Å²) < 4.78 is 0. The van der Waals surface area contributed by atoms with Gasteiger partial charge in [-0.3, -0.25) is 4.79 Å². The molecule has 2 atom stereocenters. The monoisotopic (exact) mass is 330 g/mol. The van der Waals surface area contributed by atoms with Crippen LogP contribution >= 0.6 is 0 Å². The van der Waals surface area contributed by atoms with Crippen LogP contribution in [0.4, 0.5) is 0 Å². The molecule has 2 aliphatic rings. The molecule has 132 valence electrons. The third-order valence-electron chi connectivity index (χ3n) is 5.66. The number of fused-ring (bicyclic) bond motifs is 1. The van der Waals surface area contributed by atoms with Crippen molar-refractivity contribution < 1.29 is 9.90 Å². The summed E-state index contributed by atoms with van der Waals surface area (Å²) in [6.45, 7) is 5.04. The van der Waals surface area contributed by atoms with Crippen LogP contribution in [0.5, 0.6) is 5.75 Å². The van der Waals surface area contributed by atoms with Gasteiger partial charge in [0, 0.05) is 12.6 Å². The van der Waals surface area contributed by atoms with Gasteiger partial charge in [-0.1, -0.05) is 45.6 Å². The fourth-order valence-electron chi connectivity index (χ4n) is 4.07. The molecule has 4 nitrogen and oxygen atoms in total. The minimum Gasteiger partial charge on any atom is -0.508 e. The number of nitrogens with one attached hydrogen (secondary N) is 2. The zero-order chi connectivity index (χ0) is 17.1. The molecule has 0 radical (unpaired) electrons. The Bertz CT molecular complexity index is 579. The molecule has 0 aromatic heterocycles. The van der Waals surface area contributed by atoms with Crippen molar-refractivity contribution in [2.24, 2.45) is 11.8 Å². The summed E-state index contributed by atoms with van der Waals surface area (Å²) in [5.41, 5.74) is 2.24. The largest absolute Gasteiger partial charge is 0.508 e. The van der Waals surface area contributed by atoms with E-state index in [-0.39, 0.29) is 23.7 Å². The van der Waals surface area contributed by atoms with Gasteiger partial charge in [-0.25, -0.2) is 0 Å². The Hall–Kier alpha value is -1.55. The second-order valence-electron chi connectivity index (χ2n) is 7.84. The highest BCUT2D eigenvalue weighted by atomic mass is 16.3. The van der Waals surface area contributed by atoms with Crippen LogP contribution in [-0.4, -0.2) is 23.1 Å². The van der Waals surface area contributed by atoms with E-state index in [2.05, 4.69) is 24.5 Å². The van der Waals surface area contributed by atoms with Gasteiger partial charge in [0.1, 0.15) is 5.75 Å². The average Bonchev–Trinajstić information content (AvgIpc) is 3.06. The summed E-state index contributed by atoms with van der Waals surface area (Å²) >= 11 is 0. The molecule has 3 N–H and O–H groups in total. The molecule has 24 heavy (non-hydrogen) atoms. The zero-order valence-electron chi connectivity index (χ0n) is 14.8. The lowest BCUT2D eigenvalue weighted by atomic mass is 9.90. The summed E-state index contributed by atoms with van der Waals surface area (Å²) in [7, 11) is 0. The van der Waals surface area contributed by atoms with E-state index in [0.29, 0.717) is 18.9 Å². The van der Waals surface area contributed by atoms with E-state index >= 15 is 0 Å². The highest BCUT2D eigenvalue weighted by Crippen LogP contribution is 2.30. The predicted molar refractivity (Wildman–Crippen MR) is 95.8 cm³/mol. The Balaban J connectivity index is 1.60. The number of carbonyl (C=O) groups excluding carboxylic acids is 1. The zero-order valence-corrected chi connectivity index (χ0v) is 14.8. The summed E-state index contributed by atoms with van der Waals surface area (Å²) in [4.78, 5) is 12.7. The Morgan fingerprint density at radius 1 is 1.29 bits per heavy atom. The topological polar surface area (TPSA) is 61.4 Å². The minimum absolute atomic E-state index is 0.116. The number of rotatable bonds is 5. The molecule has 1 fully saturated rings. The van der Waals surface area contributed by atoms with Crippen molar-refractivity contribution in [3.05, 3.63) is 29.3 Å². The molecule has 3 rings (SSSR count). The third-order valence-corrected chi connectivity index (χ3v) is 5.66. The molecule has 0 spiro atoms. The van der Waals surface area contributed by atoms with E-state index in [9.17, 15) is 9.90 Å². The van der Waals surface area contributed by atoms with Gasteiger partial charge in [-0.15, -0.1) is 0 Å². The average molecular weight is 330 g/mol. The van der Waals surface area contributed by atoms with Crippen molar-refractivity contribution in [2.45, 2.75) is 71.0 Å². The number of phenolic OH excluding ortho intramolecular Hbond substituents is 1. The molecule has 0 unspecified atom stereocenters.